The number of pyridine rings is 1. The number of unbranched alkanes of at least 4 members (excludes halogenated alkanes) is 4. The minimum atomic E-state index is 0.391. The van der Waals surface area contributed by atoms with Crippen LogP contribution < -0.4 is 0 Å². The second-order valence-corrected chi connectivity index (χ2v) is 5.86. The van der Waals surface area contributed by atoms with Crippen LogP contribution in [-0.2, 0) is 0 Å². The summed E-state index contributed by atoms with van der Waals surface area (Å²) in [6.45, 7) is 4.47. The highest BCUT2D eigenvalue weighted by molar-refractivity contribution is 5.47. The van der Waals surface area contributed by atoms with Gasteiger partial charge in [0.1, 0.15) is 5.69 Å². The number of aromatic nitrogens is 3. The van der Waals surface area contributed by atoms with E-state index in [0.717, 1.165) is 24.4 Å². The van der Waals surface area contributed by atoms with Gasteiger partial charge in [-0.25, -0.2) is 0 Å². The molecule has 22 heavy (non-hydrogen) atoms. The fourth-order valence-corrected chi connectivity index (χ4v) is 2.66. The van der Waals surface area contributed by atoms with Gasteiger partial charge in [-0.1, -0.05) is 63.6 Å². The minimum absolute atomic E-state index is 0.391. The van der Waals surface area contributed by atoms with Crippen LogP contribution in [0.2, 0.25) is 0 Å². The number of nitrogens with zero attached hydrogens (tertiary/aromatic N) is 3. The number of hydrogen-bond acceptors (Lipinski definition) is 4. The van der Waals surface area contributed by atoms with Crippen molar-refractivity contribution in [1.82, 2.24) is 15.1 Å². The van der Waals surface area contributed by atoms with Gasteiger partial charge in [-0.3, -0.25) is 4.98 Å². The van der Waals surface area contributed by atoms with E-state index in [0.29, 0.717) is 11.7 Å². The van der Waals surface area contributed by atoms with Gasteiger partial charge >= 0.3 is 0 Å². The Kier molecular flexibility index (Phi) is 7.07. The lowest BCUT2D eigenvalue weighted by Crippen LogP contribution is -2.00. The largest absolute Gasteiger partial charge is 0.339 e. The topological polar surface area (TPSA) is 51.8 Å². The Morgan fingerprint density at radius 2 is 1.82 bits per heavy atom. The van der Waals surface area contributed by atoms with E-state index < -0.39 is 0 Å². The van der Waals surface area contributed by atoms with Gasteiger partial charge in [0, 0.05) is 12.1 Å². The lowest BCUT2D eigenvalue weighted by Gasteiger charge is -2.11. The molecular weight excluding hydrogens is 274 g/mol. The summed E-state index contributed by atoms with van der Waals surface area (Å²) in [5.41, 5.74) is 0.776. The van der Waals surface area contributed by atoms with Crippen LogP contribution in [0.3, 0.4) is 0 Å². The standard InChI is InChI=1S/C18H27N3O/c1-3-5-7-8-12-15(11-6-4-2)18-20-17(21-22-18)16-13-9-10-14-19-16/h9-10,13-15H,3-8,11-12H2,1-2H3. The maximum Gasteiger partial charge on any atom is 0.230 e. The maximum absolute atomic E-state index is 5.53. The smallest absolute Gasteiger partial charge is 0.230 e. The average Bonchev–Trinajstić information content (AvgIpc) is 3.05. The molecule has 4 heteroatoms. The predicted molar refractivity (Wildman–Crippen MR) is 88.6 cm³/mol. The van der Waals surface area contributed by atoms with E-state index in [2.05, 4.69) is 29.0 Å². The second-order valence-electron chi connectivity index (χ2n) is 5.86. The van der Waals surface area contributed by atoms with Crippen molar-refractivity contribution in [3.8, 4) is 11.5 Å². The van der Waals surface area contributed by atoms with Gasteiger partial charge in [-0.05, 0) is 25.0 Å². The Hall–Kier alpha value is -1.71. The van der Waals surface area contributed by atoms with Crippen molar-refractivity contribution in [3.05, 3.63) is 30.3 Å². The molecule has 0 bridgehead atoms. The maximum atomic E-state index is 5.53. The van der Waals surface area contributed by atoms with Crippen molar-refractivity contribution in [2.45, 2.75) is 71.1 Å². The van der Waals surface area contributed by atoms with Crippen LogP contribution in [0.1, 0.15) is 77.0 Å². The van der Waals surface area contributed by atoms with Crippen LogP contribution in [0, 0.1) is 0 Å². The lowest BCUT2D eigenvalue weighted by molar-refractivity contribution is 0.331. The molecule has 0 radical (unpaired) electrons. The Labute approximate surface area is 133 Å². The Balaban J connectivity index is 2.02. The predicted octanol–water partition coefficient (Wildman–Crippen LogP) is 5.38. The summed E-state index contributed by atoms with van der Waals surface area (Å²) in [4.78, 5) is 8.88. The number of hydrogen-bond donors (Lipinski definition) is 0. The van der Waals surface area contributed by atoms with Crippen molar-refractivity contribution in [2.75, 3.05) is 0 Å². The van der Waals surface area contributed by atoms with E-state index in [9.17, 15) is 0 Å². The van der Waals surface area contributed by atoms with Gasteiger partial charge in [-0.15, -0.1) is 0 Å². The summed E-state index contributed by atoms with van der Waals surface area (Å²) >= 11 is 0. The first-order chi connectivity index (χ1) is 10.8. The SMILES string of the molecule is CCCCCCC(CCCC)c1nc(-c2ccccn2)no1. The average molecular weight is 301 g/mol. The lowest BCUT2D eigenvalue weighted by atomic mass is 9.95. The fourth-order valence-electron chi connectivity index (χ4n) is 2.66. The first-order valence-electron chi connectivity index (χ1n) is 8.60. The molecule has 0 aliphatic heterocycles. The van der Waals surface area contributed by atoms with Crippen molar-refractivity contribution >= 4 is 0 Å². The summed E-state index contributed by atoms with van der Waals surface area (Å²) in [5, 5.41) is 4.11. The van der Waals surface area contributed by atoms with Crippen LogP contribution in [0.5, 0.6) is 0 Å². The molecule has 2 rings (SSSR count). The molecular formula is C18H27N3O. The van der Waals surface area contributed by atoms with Gasteiger partial charge in [-0.2, -0.15) is 4.98 Å². The molecule has 2 aromatic rings. The minimum Gasteiger partial charge on any atom is -0.339 e. The zero-order valence-electron chi connectivity index (χ0n) is 13.8. The summed E-state index contributed by atoms with van der Waals surface area (Å²) in [5.74, 6) is 1.78. The Morgan fingerprint density at radius 1 is 1.00 bits per heavy atom. The summed E-state index contributed by atoms with van der Waals surface area (Å²) in [6.07, 6.45) is 11.5. The third kappa shape index (κ3) is 4.93. The third-order valence-electron chi connectivity index (χ3n) is 4.00. The van der Waals surface area contributed by atoms with Gasteiger partial charge in [0.05, 0.1) is 0 Å². The molecule has 2 heterocycles. The molecule has 120 valence electrons. The summed E-state index contributed by atoms with van der Waals surface area (Å²) < 4.78 is 5.53. The molecule has 0 fully saturated rings. The highest BCUT2D eigenvalue weighted by Gasteiger charge is 2.19. The zero-order chi connectivity index (χ0) is 15.6. The molecule has 0 amide bonds. The molecule has 2 aromatic heterocycles. The van der Waals surface area contributed by atoms with Crippen LogP contribution >= 0.6 is 0 Å². The van der Waals surface area contributed by atoms with Gasteiger partial charge < -0.3 is 4.52 Å². The molecule has 1 unspecified atom stereocenters. The quantitative estimate of drug-likeness (QED) is 0.553. The molecule has 0 saturated carbocycles. The highest BCUT2D eigenvalue weighted by atomic mass is 16.5. The molecule has 0 spiro atoms. The fraction of sp³-hybridized carbons (Fsp3) is 0.611. The van der Waals surface area contributed by atoms with Crippen molar-refractivity contribution in [3.63, 3.8) is 0 Å². The molecule has 0 aliphatic rings. The highest BCUT2D eigenvalue weighted by Crippen LogP contribution is 2.28. The van der Waals surface area contributed by atoms with Crippen LogP contribution in [-0.4, -0.2) is 15.1 Å². The van der Waals surface area contributed by atoms with E-state index in [1.54, 1.807) is 6.20 Å². The normalized spacial score (nSPS) is 12.5. The Bertz CT molecular complexity index is 524. The van der Waals surface area contributed by atoms with Crippen molar-refractivity contribution in [2.24, 2.45) is 0 Å². The second kappa shape index (κ2) is 9.34. The van der Waals surface area contributed by atoms with E-state index in [-0.39, 0.29) is 0 Å². The van der Waals surface area contributed by atoms with Gasteiger partial charge in [0.25, 0.3) is 0 Å². The van der Waals surface area contributed by atoms with E-state index >= 15 is 0 Å². The molecule has 0 saturated heterocycles. The molecule has 0 aliphatic carbocycles. The van der Waals surface area contributed by atoms with E-state index in [1.165, 1.54) is 38.5 Å². The molecule has 0 aromatic carbocycles. The monoisotopic (exact) mass is 301 g/mol. The molecule has 1 atom stereocenters. The number of rotatable bonds is 10. The van der Waals surface area contributed by atoms with E-state index in [4.69, 9.17) is 4.52 Å². The van der Waals surface area contributed by atoms with Crippen LogP contribution in [0.4, 0.5) is 0 Å². The van der Waals surface area contributed by atoms with Crippen molar-refractivity contribution in [1.29, 1.82) is 0 Å². The van der Waals surface area contributed by atoms with Crippen LogP contribution in [0.15, 0.2) is 28.9 Å². The van der Waals surface area contributed by atoms with Gasteiger partial charge in [0.15, 0.2) is 0 Å². The summed E-state index contributed by atoms with van der Waals surface area (Å²) in [6, 6.07) is 5.75. The zero-order valence-corrected chi connectivity index (χ0v) is 13.8. The third-order valence-corrected chi connectivity index (χ3v) is 4.00. The van der Waals surface area contributed by atoms with Crippen LogP contribution in [0.25, 0.3) is 11.5 Å². The van der Waals surface area contributed by atoms with E-state index in [1.807, 2.05) is 18.2 Å². The first-order valence-corrected chi connectivity index (χ1v) is 8.60. The molecule has 4 nitrogen and oxygen atoms in total. The molecule has 0 N–H and O–H groups in total. The van der Waals surface area contributed by atoms with Gasteiger partial charge in [0.2, 0.25) is 11.7 Å². The first kappa shape index (κ1) is 16.7. The summed E-state index contributed by atoms with van der Waals surface area (Å²) in [7, 11) is 0. The van der Waals surface area contributed by atoms with Crippen molar-refractivity contribution < 1.29 is 4.52 Å². The Morgan fingerprint density at radius 3 is 2.55 bits per heavy atom.